The normalized spacial score (nSPS) is 12.3. The zero-order chi connectivity index (χ0) is 19.5. The SMILES string of the molecule is CC(C)(C)c1ccccc1OCCNS(=O)(=O)c1ccc2ccccc2c1. The first-order chi connectivity index (χ1) is 12.8. The minimum atomic E-state index is -3.57. The van der Waals surface area contributed by atoms with E-state index in [9.17, 15) is 8.42 Å². The highest BCUT2D eigenvalue weighted by Crippen LogP contribution is 2.30. The number of para-hydroxylation sites is 1. The lowest BCUT2D eigenvalue weighted by Gasteiger charge is -2.22. The molecule has 0 heterocycles. The Labute approximate surface area is 161 Å². The molecule has 4 nitrogen and oxygen atoms in total. The molecule has 5 heteroatoms. The number of hydrogen-bond donors (Lipinski definition) is 1. The van der Waals surface area contributed by atoms with Crippen LogP contribution in [0.1, 0.15) is 26.3 Å². The van der Waals surface area contributed by atoms with Crippen molar-refractivity contribution in [3.8, 4) is 5.75 Å². The van der Waals surface area contributed by atoms with Gasteiger partial charge < -0.3 is 4.74 Å². The first-order valence-electron chi connectivity index (χ1n) is 8.98. The third-order valence-electron chi connectivity index (χ3n) is 4.38. The Hall–Kier alpha value is -2.37. The Morgan fingerprint density at radius 2 is 1.56 bits per heavy atom. The first-order valence-corrected chi connectivity index (χ1v) is 10.5. The van der Waals surface area contributed by atoms with Crippen molar-refractivity contribution in [1.29, 1.82) is 0 Å². The van der Waals surface area contributed by atoms with E-state index in [0.717, 1.165) is 22.1 Å². The summed E-state index contributed by atoms with van der Waals surface area (Å²) < 4.78 is 33.5. The molecule has 0 spiro atoms. The summed E-state index contributed by atoms with van der Waals surface area (Å²) in [5.74, 6) is 0.787. The molecule has 0 saturated heterocycles. The second kappa shape index (κ2) is 7.71. The smallest absolute Gasteiger partial charge is 0.240 e. The molecular formula is C22H25NO3S. The molecule has 0 atom stereocenters. The zero-order valence-electron chi connectivity index (χ0n) is 15.9. The number of ether oxygens (including phenoxy) is 1. The molecule has 0 aliphatic rings. The van der Waals surface area contributed by atoms with E-state index < -0.39 is 10.0 Å². The summed E-state index contributed by atoms with van der Waals surface area (Å²) in [6, 6.07) is 20.7. The van der Waals surface area contributed by atoms with Gasteiger partial charge in [-0.2, -0.15) is 0 Å². The van der Waals surface area contributed by atoms with E-state index >= 15 is 0 Å². The van der Waals surface area contributed by atoms with Gasteiger partial charge in [-0.25, -0.2) is 13.1 Å². The molecule has 3 aromatic rings. The standard InChI is InChI=1S/C22H25NO3S/c1-22(2,3)20-10-6-7-11-21(20)26-15-14-23-27(24,25)19-13-12-17-8-4-5-9-18(17)16-19/h4-13,16,23H,14-15H2,1-3H3. The molecule has 3 rings (SSSR count). The van der Waals surface area contributed by atoms with Crippen molar-refractivity contribution < 1.29 is 13.2 Å². The molecule has 0 aliphatic heterocycles. The minimum absolute atomic E-state index is 0.0405. The highest BCUT2D eigenvalue weighted by molar-refractivity contribution is 7.89. The van der Waals surface area contributed by atoms with Crippen molar-refractivity contribution >= 4 is 20.8 Å². The van der Waals surface area contributed by atoms with E-state index in [4.69, 9.17) is 4.74 Å². The molecule has 0 unspecified atom stereocenters. The van der Waals surface area contributed by atoms with E-state index in [1.54, 1.807) is 12.1 Å². The van der Waals surface area contributed by atoms with Gasteiger partial charge in [0.15, 0.2) is 0 Å². The van der Waals surface area contributed by atoms with Crippen LogP contribution in [0.15, 0.2) is 71.6 Å². The van der Waals surface area contributed by atoms with Crippen LogP contribution in [0.5, 0.6) is 5.75 Å². The maximum Gasteiger partial charge on any atom is 0.240 e. The predicted molar refractivity (Wildman–Crippen MR) is 110 cm³/mol. The quantitative estimate of drug-likeness (QED) is 0.638. The third-order valence-corrected chi connectivity index (χ3v) is 5.84. The predicted octanol–water partition coefficient (Wildman–Crippen LogP) is 4.49. The van der Waals surface area contributed by atoms with Crippen molar-refractivity contribution in [3.05, 3.63) is 72.3 Å². The maximum atomic E-state index is 12.5. The van der Waals surface area contributed by atoms with Gasteiger partial charge in [0, 0.05) is 6.54 Å². The van der Waals surface area contributed by atoms with Crippen LogP contribution in [0.2, 0.25) is 0 Å². The molecule has 0 aliphatic carbocycles. The number of fused-ring (bicyclic) bond motifs is 1. The van der Waals surface area contributed by atoms with E-state index in [0.29, 0.717) is 0 Å². The van der Waals surface area contributed by atoms with Gasteiger partial charge in [0.05, 0.1) is 4.90 Å². The fraction of sp³-hybridized carbons (Fsp3) is 0.273. The highest BCUT2D eigenvalue weighted by atomic mass is 32.2. The van der Waals surface area contributed by atoms with Gasteiger partial charge in [-0.15, -0.1) is 0 Å². The Morgan fingerprint density at radius 3 is 2.30 bits per heavy atom. The summed E-state index contributed by atoms with van der Waals surface area (Å²) in [7, 11) is -3.57. The van der Waals surface area contributed by atoms with Crippen molar-refractivity contribution in [1.82, 2.24) is 4.72 Å². The summed E-state index contributed by atoms with van der Waals surface area (Å²) in [4.78, 5) is 0.260. The van der Waals surface area contributed by atoms with E-state index in [-0.39, 0.29) is 23.5 Å². The molecule has 0 radical (unpaired) electrons. The van der Waals surface area contributed by atoms with Gasteiger partial charge in [-0.1, -0.05) is 69.3 Å². The van der Waals surface area contributed by atoms with Crippen molar-refractivity contribution in [2.45, 2.75) is 31.1 Å². The minimum Gasteiger partial charge on any atom is -0.492 e. The van der Waals surface area contributed by atoms with Crippen LogP contribution in [-0.4, -0.2) is 21.6 Å². The summed E-state index contributed by atoms with van der Waals surface area (Å²) in [5.41, 5.74) is 1.06. The Morgan fingerprint density at radius 1 is 0.889 bits per heavy atom. The molecular weight excluding hydrogens is 358 g/mol. The molecule has 142 valence electrons. The lowest BCUT2D eigenvalue weighted by atomic mass is 9.86. The third kappa shape index (κ3) is 4.67. The summed E-state index contributed by atoms with van der Waals surface area (Å²) in [5, 5.41) is 1.91. The number of nitrogens with one attached hydrogen (secondary N) is 1. The molecule has 27 heavy (non-hydrogen) atoms. The average molecular weight is 384 g/mol. The number of sulfonamides is 1. The van der Waals surface area contributed by atoms with Crippen molar-refractivity contribution in [2.75, 3.05) is 13.2 Å². The second-order valence-electron chi connectivity index (χ2n) is 7.50. The van der Waals surface area contributed by atoms with E-state index in [1.807, 2.05) is 54.6 Å². The average Bonchev–Trinajstić information content (AvgIpc) is 2.64. The van der Waals surface area contributed by atoms with Gasteiger partial charge in [-0.3, -0.25) is 0 Å². The fourth-order valence-corrected chi connectivity index (χ4v) is 4.02. The molecule has 0 fully saturated rings. The molecule has 1 N–H and O–H groups in total. The molecule has 0 bridgehead atoms. The van der Waals surface area contributed by atoms with Crippen LogP contribution in [0.25, 0.3) is 10.8 Å². The van der Waals surface area contributed by atoms with Gasteiger partial charge in [0.2, 0.25) is 10.0 Å². The van der Waals surface area contributed by atoms with Crippen LogP contribution < -0.4 is 9.46 Å². The lowest BCUT2D eigenvalue weighted by Crippen LogP contribution is -2.28. The molecule has 0 saturated carbocycles. The molecule has 0 amide bonds. The molecule has 3 aromatic carbocycles. The Balaban J connectivity index is 1.65. The number of hydrogen-bond acceptors (Lipinski definition) is 3. The van der Waals surface area contributed by atoms with Gasteiger partial charge in [0.1, 0.15) is 12.4 Å². The zero-order valence-corrected chi connectivity index (χ0v) is 16.7. The van der Waals surface area contributed by atoms with Gasteiger partial charge >= 0.3 is 0 Å². The highest BCUT2D eigenvalue weighted by Gasteiger charge is 2.19. The number of rotatable bonds is 6. The Bertz CT molecular complexity index is 1040. The van der Waals surface area contributed by atoms with Crippen LogP contribution in [0.3, 0.4) is 0 Å². The summed E-state index contributed by atoms with van der Waals surface area (Å²) in [6.45, 7) is 6.83. The van der Waals surface area contributed by atoms with Crippen LogP contribution in [0, 0.1) is 0 Å². The van der Waals surface area contributed by atoms with Crippen LogP contribution >= 0.6 is 0 Å². The summed E-state index contributed by atoms with van der Waals surface area (Å²) in [6.07, 6.45) is 0. The Kier molecular flexibility index (Phi) is 5.53. The van der Waals surface area contributed by atoms with Crippen LogP contribution in [0.4, 0.5) is 0 Å². The largest absolute Gasteiger partial charge is 0.492 e. The topological polar surface area (TPSA) is 55.4 Å². The van der Waals surface area contributed by atoms with Crippen molar-refractivity contribution in [2.24, 2.45) is 0 Å². The lowest BCUT2D eigenvalue weighted by molar-refractivity contribution is 0.314. The first kappa shape index (κ1) is 19.4. The fourth-order valence-electron chi connectivity index (χ4n) is 2.97. The van der Waals surface area contributed by atoms with E-state index in [2.05, 4.69) is 25.5 Å². The van der Waals surface area contributed by atoms with Gasteiger partial charge in [-0.05, 0) is 39.9 Å². The summed E-state index contributed by atoms with van der Waals surface area (Å²) >= 11 is 0. The maximum absolute atomic E-state index is 12.5. The van der Waals surface area contributed by atoms with Crippen molar-refractivity contribution in [3.63, 3.8) is 0 Å². The monoisotopic (exact) mass is 383 g/mol. The van der Waals surface area contributed by atoms with Gasteiger partial charge in [0.25, 0.3) is 0 Å². The second-order valence-corrected chi connectivity index (χ2v) is 9.27. The van der Waals surface area contributed by atoms with E-state index in [1.165, 1.54) is 0 Å². The van der Waals surface area contributed by atoms with Crippen LogP contribution in [-0.2, 0) is 15.4 Å². The molecule has 0 aromatic heterocycles. The number of benzene rings is 3.